The van der Waals surface area contributed by atoms with Crippen LogP contribution in [0.3, 0.4) is 0 Å². The van der Waals surface area contributed by atoms with Crippen molar-refractivity contribution < 1.29 is 4.79 Å². The van der Waals surface area contributed by atoms with Gasteiger partial charge >= 0.3 is 5.69 Å². The Morgan fingerprint density at radius 3 is 2.50 bits per heavy atom. The van der Waals surface area contributed by atoms with E-state index < -0.39 is 0 Å². The quantitative estimate of drug-likeness (QED) is 0.488. The fourth-order valence-corrected chi connectivity index (χ4v) is 4.68. The van der Waals surface area contributed by atoms with E-state index >= 15 is 0 Å². The number of thiophene rings is 1. The van der Waals surface area contributed by atoms with Crippen molar-refractivity contribution in [1.82, 2.24) is 14.1 Å². The van der Waals surface area contributed by atoms with E-state index in [1.54, 1.807) is 20.5 Å². The number of rotatable bonds is 7. The van der Waals surface area contributed by atoms with Crippen LogP contribution in [0, 0.1) is 0 Å². The van der Waals surface area contributed by atoms with E-state index in [0.717, 1.165) is 28.0 Å². The number of carbonyl (C=O) groups excluding carboxylic acids is 1. The van der Waals surface area contributed by atoms with Gasteiger partial charge in [-0.2, -0.15) is 0 Å². The van der Waals surface area contributed by atoms with Gasteiger partial charge < -0.3 is 5.32 Å². The Kier molecular flexibility index (Phi) is 5.40. The molecule has 6 nitrogen and oxygen atoms in total. The molecule has 0 spiro atoms. The summed E-state index contributed by atoms with van der Waals surface area (Å²) in [5.74, 6) is -0.147. The van der Waals surface area contributed by atoms with Crippen LogP contribution in [-0.4, -0.2) is 20.0 Å². The maximum absolute atomic E-state index is 12.8. The Bertz CT molecular complexity index is 1150. The van der Waals surface area contributed by atoms with E-state index in [-0.39, 0.29) is 18.0 Å². The largest absolute Gasteiger partial charge is 0.329 e. The normalized spacial score (nSPS) is 11.2. The predicted molar refractivity (Wildman–Crippen MR) is 115 cm³/mol. The first kappa shape index (κ1) is 18.6. The molecule has 0 unspecified atom stereocenters. The number of hydrogen-bond donors (Lipinski definition) is 1. The van der Waals surface area contributed by atoms with Crippen LogP contribution in [0.4, 0.5) is 5.13 Å². The van der Waals surface area contributed by atoms with E-state index in [1.165, 1.54) is 11.3 Å². The van der Waals surface area contributed by atoms with Crippen LogP contribution in [0.25, 0.3) is 21.6 Å². The molecule has 1 aromatic carbocycles. The third-order valence-electron chi connectivity index (χ3n) is 4.46. The van der Waals surface area contributed by atoms with Gasteiger partial charge in [-0.05, 0) is 30.0 Å². The molecule has 1 amide bonds. The zero-order chi connectivity index (χ0) is 19.5. The highest BCUT2D eigenvalue weighted by Gasteiger charge is 2.14. The summed E-state index contributed by atoms with van der Waals surface area (Å²) in [6, 6.07) is 11.7. The predicted octanol–water partition coefficient (Wildman–Crippen LogP) is 4.43. The highest BCUT2D eigenvalue weighted by molar-refractivity contribution is 7.16. The van der Waals surface area contributed by atoms with Crippen molar-refractivity contribution in [3.8, 4) is 10.6 Å². The molecule has 0 atom stereocenters. The van der Waals surface area contributed by atoms with Gasteiger partial charge in [0.2, 0.25) is 5.91 Å². The average Bonchev–Trinajstić information content (AvgIpc) is 3.42. The Morgan fingerprint density at radius 2 is 1.82 bits per heavy atom. The zero-order valence-electron chi connectivity index (χ0n) is 15.4. The number of nitrogens with zero attached hydrogens (tertiary/aromatic N) is 3. The number of para-hydroxylation sites is 2. The minimum Gasteiger partial charge on any atom is -0.302 e. The number of nitrogens with one attached hydrogen (secondary N) is 1. The standard InChI is InChI=1S/C20H20N4O2S2/c1-2-10-23-15-6-3-4-7-16(15)24(20(23)26)11-9-18(25)22-19-21-14(13-28-19)17-8-5-12-27-17/h3-8,12-13H,2,9-11H2,1H3,(H,21,22,25). The summed E-state index contributed by atoms with van der Waals surface area (Å²) in [5.41, 5.74) is 2.58. The number of aromatic nitrogens is 3. The van der Waals surface area contributed by atoms with Crippen LogP contribution in [0.15, 0.2) is 52.0 Å². The van der Waals surface area contributed by atoms with Crippen molar-refractivity contribution in [2.45, 2.75) is 32.9 Å². The number of anilines is 1. The Hall–Kier alpha value is -2.71. The molecule has 144 valence electrons. The molecule has 0 aliphatic heterocycles. The maximum atomic E-state index is 12.8. The van der Waals surface area contributed by atoms with Crippen LogP contribution in [0.1, 0.15) is 19.8 Å². The number of imidazole rings is 1. The molecule has 3 heterocycles. The summed E-state index contributed by atoms with van der Waals surface area (Å²) in [6.45, 7) is 3.05. The van der Waals surface area contributed by atoms with Crippen LogP contribution in [-0.2, 0) is 17.9 Å². The molecule has 0 saturated heterocycles. The summed E-state index contributed by atoms with van der Waals surface area (Å²) < 4.78 is 3.46. The van der Waals surface area contributed by atoms with Crippen molar-refractivity contribution in [3.05, 3.63) is 57.6 Å². The second kappa shape index (κ2) is 8.12. The number of carbonyl (C=O) groups is 1. The summed E-state index contributed by atoms with van der Waals surface area (Å²) in [5, 5.41) is 7.36. The van der Waals surface area contributed by atoms with E-state index in [9.17, 15) is 9.59 Å². The lowest BCUT2D eigenvalue weighted by molar-refractivity contribution is -0.116. The van der Waals surface area contributed by atoms with Gasteiger partial charge in [-0.3, -0.25) is 13.9 Å². The molecule has 0 radical (unpaired) electrons. The fraction of sp³-hybridized carbons (Fsp3) is 0.250. The number of amides is 1. The first-order chi connectivity index (χ1) is 13.7. The van der Waals surface area contributed by atoms with Crippen molar-refractivity contribution in [2.75, 3.05) is 5.32 Å². The summed E-state index contributed by atoms with van der Waals surface area (Å²) >= 11 is 3.02. The Balaban J connectivity index is 1.47. The van der Waals surface area contributed by atoms with Gasteiger partial charge in [-0.1, -0.05) is 25.1 Å². The summed E-state index contributed by atoms with van der Waals surface area (Å²) in [6.07, 6.45) is 1.10. The van der Waals surface area contributed by atoms with Crippen molar-refractivity contribution in [3.63, 3.8) is 0 Å². The molecule has 0 fully saturated rings. The average molecular weight is 413 g/mol. The van der Waals surface area contributed by atoms with E-state index in [0.29, 0.717) is 18.2 Å². The van der Waals surface area contributed by atoms with Gasteiger partial charge in [0.1, 0.15) is 0 Å². The molecule has 4 aromatic rings. The van der Waals surface area contributed by atoms with E-state index in [1.807, 2.05) is 54.1 Å². The first-order valence-electron chi connectivity index (χ1n) is 9.14. The molecule has 28 heavy (non-hydrogen) atoms. The maximum Gasteiger partial charge on any atom is 0.329 e. The summed E-state index contributed by atoms with van der Waals surface area (Å²) in [7, 11) is 0. The van der Waals surface area contributed by atoms with Crippen molar-refractivity contribution in [1.29, 1.82) is 0 Å². The fourth-order valence-electron chi connectivity index (χ4n) is 3.19. The highest BCUT2D eigenvalue weighted by Crippen LogP contribution is 2.28. The number of benzene rings is 1. The number of aryl methyl sites for hydroxylation is 2. The van der Waals surface area contributed by atoms with Gasteiger partial charge in [-0.15, -0.1) is 22.7 Å². The second-order valence-corrected chi connectivity index (χ2v) is 8.19. The molecule has 4 rings (SSSR count). The molecule has 0 aliphatic carbocycles. The van der Waals surface area contributed by atoms with Gasteiger partial charge in [0.05, 0.1) is 21.6 Å². The molecule has 0 saturated carbocycles. The lowest BCUT2D eigenvalue weighted by atomic mass is 10.3. The Morgan fingerprint density at radius 1 is 1.07 bits per heavy atom. The lowest BCUT2D eigenvalue weighted by Gasteiger charge is -2.04. The van der Waals surface area contributed by atoms with E-state index in [4.69, 9.17) is 0 Å². The molecule has 0 bridgehead atoms. The van der Waals surface area contributed by atoms with Crippen molar-refractivity contribution >= 4 is 44.7 Å². The number of hydrogen-bond acceptors (Lipinski definition) is 5. The zero-order valence-corrected chi connectivity index (χ0v) is 17.1. The lowest BCUT2D eigenvalue weighted by Crippen LogP contribution is -2.26. The smallest absolute Gasteiger partial charge is 0.302 e. The molecular weight excluding hydrogens is 392 g/mol. The SMILES string of the molecule is CCCn1c(=O)n(CCC(=O)Nc2nc(-c3cccs3)cs2)c2ccccc21. The molecule has 8 heteroatoms. The van der Waals surface area contributed by atoms with Crippen LogP contribution >= 0.6 is 22.7 Å². The second-order valence-electron chi connectivity index (χ2n) is 6.39. The Labute approximate surface area is 170 Å². The van der Waals surface area contributed by atoms with E-state index in [2.05, 4.69) is 10.3 Å². The topological polar surface area (TPSA) is 68.9 Å². The summed E-state index contributed by atoms with van der Waals surface area (Å²) in [4.78, 5) is 30.7. The van der Waals surface area contributed by atoms with Crippen molar-refractivity contribution in [2.24, 2.45) is 0 Å². The molecule has 1 N–H and O–H groups in total. The third kappa shape index (κ3) is 3.65. The minimum absolute atomic E-state index is 0.0647. The van der Waals surface area contributed by atoms with Gasteiger partial charge in [-0.25, -0.2) is 9.78 Å². The highest BCUT2D eigenvalue weighted by atomic mass is 32.1. The third-order valence-corrected chi connectivity index (χ3v) is 6.11. The number of thiazole rings is 1. The number of fused-ring (bicyclic) bond motifs is 1. The monoisotopic (exact) mass is 412 g/mol. The van der Waals surface area contributed by atoms with Gasteiger partial charge in [0.25, 0.3) is 0 Å². The molecular formula is C20H20N4O2S2. The van der Waals surface area contributed by atoms with Crippen LogP contribution in [0.5, 0.6) is 0 Å². The van der Waals surface area contributed by atoms with Gasteiger partial charge in [0.15, 0.2) is 5.13 Å². The van der Waals surface area contributed by atoms with Gasteiger partial charge in [0, 0.05) is 24.9 Å². The van der Waals surface area contributed by atoms with Crippen LogP contribution in [0.2, 0.25) is 0 Å². The molecule has 0 aliphatic rings. The van der Waals surface area contributed by atoms with Crippen LogP contribution < -0.4 is 11.0 Å². The minimum atomic E-state index is -0.147. The first-order valence-corrected chi connectivity index (χ1v) is 10.9. The molecule has 3 aromatic heterocycles.